The highest BCUT2D eigenvalue weighted by Gasteiger charge is 2.23. The van der Waals surface area contributed by atoms with Gasteiger partial charge in [-0.25, -0.2) is 4.98 Å². The Kier molecular flexibility index (Phi) is 3.81. The van der Waals surface area contributed by atoms with Gasteiger partial charge in [0.1, 0.15) is 5.69 Å². The summed E-state index contributed by atoms with van der Waals surface area (Å²) >= 11 is 0. The summed E-state index contributed by atoms with van der Waals surface area (Å²) in [5.41, 5.74) is 8.83. The fourth-order valence-electron chi connectivity index (χ4n) is 2.67. The first-order valence-corrected chi connectivity index (χ1v) is 8.00. The molecule has 0 bridgehead atoms. The van der Waals surface area contributed by atoms with Crippen molar-refractivity contribution in [2.45, 2.75) is 18.8 Å². The minimum Gasteiger partial charge on any atom is -0.423 e. The first kappa shape index (κ1) is 15.2. The number of nitrogens with two attached hydrogens (primary N) is 1. The van der Waals surface area contributed by atoms with Crippen molar-refractivity contribution in [1.82, 2.24) is 9.97 Å². The lowest BCUT2D eigenvalue weighted by Gasteiger charge is -2.06. The molecule has 0 atom stereocenters. The van der Waals surface area contributed by atoms with Gasteiger partial charge in [-0.2, -0.15) is 0 Å². The van der Waals surface area contributed by atoms with E-state index in [2.05, 4.69) is 32.6 Å². The predicted molar refractivity (Wildman–Crippen MR) is 93.9 cm³/mol. The number of pyridine rings is 1. The fourth-order valence-corrected chi connectivity index (χ4v) is 2.67. The topological polar surface area (TPSA) is 110 Å². The van der Waals surface area contributed by atoms with Crippen LogP contribution in [0, 0.1) is 0 Å². The molecule has 1 aliphatic carbocycles. The van der Waals surface area contributed by atoms with E-state index in [1.54, 1.807) is 24.5 Å². The molecule has 2 heterocycles. The molecule has 7 nitrogen and oxygen atoms in total. The van der Waals surface area contributed by atoms with Crippen molar-refractivity contribution in [3.8, 4) is 11.3 Å². The molecule has 1 fully saturated rings. The minimum atomic E-state index is -0.0921. The van der Waals surface area contributed by atoms with Gasteiger partial charge in [-0.3, -0.25) is 4.98 Å². The lowest BCUT2D eigenvalue weighted by atomic mass is 10.1. The Hall–Kier alpha value is -3.35. The Morgan fingerprint density at radius 2 is 2.00 bits per heavy atom. The van der Waals surface area contributed by atoms with Gasteiger partial charge in [0.2, 0.25) is 0 Å². The third-order valence-electron chi connectivity index (χ3n) is 4.15. The van der Waals surface area contributed by atoms with Gasteiger partial charge in [0.25, 0.3) is 6.01 Å². The zero-order valence-corrected chi connectivity index (χ0v) is 13.4. The van der Waals surface area contributed by atoms with Crippen LogP contribution < -0.4 is 11.1 Å². The van der Waals surface area contributed by atoms with Crippen molar-refractivity contribution in [3.05, 3.63) is 60.0 Å². The second-order valence-corrected chi connectivity index (χ2v) is 5.94. The molecule has 0 amide bonds. The van der Waals surface area contributed by atoms with E-state index in [1.165, 1.54) is 18.4 Å². The van der Waals surface area contributed by atoms with Crippen LogP contribution in [0.15, 0.2) is 58.4 Å². The first-order chi connectivity index (χ1) is 12.2. The van der Waals surface area contributed by atoms with Crippen LogP contribution >= 0.6 is 0 Å². The Morgan fingerprint density at radius 1 is 1.20 bits per heavy atom. The lowest BCUT2D eigenvalue weighted by Crippen LogP contribution is -2.16. The van der Waals surface area contributed by atoms with Crippen LogP contribution in [0.3, 0.4) is 0 Å². The SMILES string of the molecule is NC(=NO)c1ncccc1Nc1ncc(-c2ccc(C3CC3)cc2)o1. The van der Waals surface area contributed by atoms with Crippen molar-refractivity contribution >= 4 is 17.5 Å². The van der Waals surface area contributed by atoms with E-state index in [-0.39, 0.29) is 5.84 Å². The van der Waals surface area contributed by atoms with Gasteiger partial charge in [-0.1, -0.05) is 29.4 Å². The van der Waals surface area contributed by atoms with E-state index < -0.39 is 0 Å². The van der Waals surface area contributed by atoms with Gasteiger partial charge in [-0.05, 0) is 36.5 Å². The predicted octanol–water partition coefficient (Wildman–Crippen LogP) is 3.45. The molecule has 0 spiro atoms. The van der Waals surface area contributed by atoms with Crippen LogP contribution in [0.5, 0.6) is 0 Å². The summed E-state index contributed by atoms with van der Waals surface area (Å²) in [5.74, 6) is 1.30. The third-order valence-corrected chi connectivity index (χ3v) is 4.15. The van der Waals surface area contributed by atoms with Gasteiger partial charge in [-0.15, -0.1) is 0 Å². The molecule has 3 aromatic rings. The average Bonchev–Trinajstić information content (AvgIpc) is 3.41. The van der Waals surface area contributed by atoms with Crippen LogP contribution in [0.25, 0.3) is 11.3 Å². The highest BCUT2D eigenvalue weighted by Crippen LogP contribution is 2.40. The van der Waals surface area contributed by atoms with E-state index in [9.17, 15) is 0 Å². The van der Waals surface area contributed by atoms with Gasteiger partial charge in [0.15, 0.2) is 11.6 Å². The number of hydrogen-bond donors (Lipinski definition) is 3. The molecule has 0 aliphatic heterocycles. The highest BCUT2D eigenvalue weighted by atomic mass is 16.4. The van der Waals surface area contributed by atoms with Crippen LogP contribution in [-0.2, 0) is 0 Å². The van der Waals surface area contributed by atoms with Crippen LogP contribution in [0.2, 0.25) is 0 Å². The highest BCUT2D eigenvalue weighted by molar-refractivity contribution is 6.00. The summed E-state index contributed by atoms with van der Waals surface area (Å²) < 4.78 is 5.76. The molecule has 1 saturated carbocycles. The zero-order chi connectivity index (χ0) is 17.2. The summed E-state index contributed by atoms with van der Waals surface area (Å²) in [6, 6.07) is 12.2. The average molecular weight is 335 g/mol. The maximum absolute atomic E-state index is 8.85. The van der Waals surface area contributed by atoms with Crippen molar-refractivity contribution in [3.63, 3.8) is 0 Å². The monoisotopic (exact) mass is 335 g/mol. The van der Waals surface area contributed by atoms with E-state index in [0.717, 1.165) is 11.5 Å². The molecule has 1 aromatic carbocycles. The lowest BCUT2D eigenvalue weighted by molar-refractivity contribution is 0.318. The van der Waals surface area contributed by atoms with Gasteiger partial charge in [0.05, 0.1) is 11.9 Å². The Labute approximate surface area is 144 Å². The van der Waals surface area contributed by atoms with E-state index in [0.29, 0.717) is 23.2 Å². The molecular formula is C18H17N5O2. The number of aromatic nitrogens is 2. The first-order valence-electron chi connectivity index (χ1n) is 8.00. The van der Waals surface area contributed by atoms with E-state index >= 15 is 0 Å². The molecule has 0 saturated heterocycles. The maximum atomic E-state index is 8.85. The van der Waals surface area contributed by atoms with Gasteiger partial charge in [0, 0.05) is 11.8 Å². The number of nitrogens with zero attached hydrogens (tertiary/aromatic N) is 3. The number of anilines is 2. The summed E-state index contributed by atoms with van der Waals surface area (Å²) in [6.45, 7) is 0. The molecular weight excluding hydrogens is 318 g/mol. The molecule has 1 aliphatic rings. The van der Waals surface area contributed by atoms with Crippen LogP contribution in [0.1, 0.15) is 30.0 Å². The summed E-state index contributed by atoms with van der Waals surface area (Å²) in [7, 11) is 0. The minimum absolute atomic E-state index is 0.0921. The number of oxime groups is 1. The largest absolute Gasteiger partial charge is 0.423 e. The summed E-state index contributed by atoms with van der Waals surface area (Å²) in [5, 5.41) is 14.8. The number of benzene rings is 1. The molecule has 126 valence electrons. The molecule has 2 aromatic heterocycles. The van der Waals surface area contributed by atoms with Gasteiger partial charge >= 0.3 is 0 Å². The third kappa shape index (κ3) is 3.16. The van der Waals surface area contributed by atoms with E-state index in [4.69, 9.17) is 15.4 Å². The van der Waals surface area contributed by atoms with Crippen molar-refractivity contribution in [2.75, 3.05) is 5.32 Å². The molecule has 4 N–H and O–H groups in total. The standard InChI is InChI=1S/C18H17N5O2/c19-17(23-24)16-14(2-1-9-20-16)22-18-21-10-15(25-18)13-7-5-12(6-8-13)11-3-4-11/h1-2,5-11,24H,3-4H2,(H2,19,23)(H,21,22). The van der Waals surface area contributed by atoms with Crippen molar-refractivity contribution in [1.29, 1.82) is 0 Å². The maximum Gasteiger partial charge on any atom is 0.299 e. The van der Waals surface area contributed by atoms with E-state index in [1.807, 2.05) is 12.1 Å². The molecule has 0 radical (unpaired) electrons. The fraction of sp³-hybridized carbons (Fsp3) is 0.167. The van der Waals surface area contributed by atoms with Crippen LogP contribution in [-0.4, -0.2) is 21.0 Å². The Morgan fingerprint density at radius 3 is 2.72 bits per heavy atom. The van der Waals surface area contributed by atoms with Crippen molar-refractivity contribution < 1.29 is 9.62 Å². The Balaban J connectivity index is 1.56. The molecule has 7 heteroatoms. The number of rotatable bonds is 5. The number of amidine groups is 1. The van der Waals surface area contributed by atoms with Gasteiger partial charge < -0.3 is 20.7 Å². The molecule has 0 unspecified atom stereocenters. The summed E-state index contributed by atoms with van der Waals surface area (Å²) in [4.78, 5) is 8.33. The van der Waals surface area contributed by atoms with Crippen molar-refractivity contribution in [2.24, 2.45) is 10.9 Å². The zero-order valence-electron chi connectivity index (χ0n) is 13.4. The number of nitrogens with one attached hydrogen (secondary N) is 1. The Bertz CT molecular complexity index is 913. The smallest absolute Gasteiger partial charge is 0.299 e. The molecule has 25 heavy (non-hydrogen) atoms. The van der Waals surface area contributed by atoms with Crippen LogP contribution in [0.4, 0.5) is 11.7 Å². The quantitative estimate of drug-likeness (QED) is 0.285. The molecule has 4 rings (SSSR count). The number of hydrogen-bond acceptors (Lipinski definition) is 6. The normalized spacial score (nSPS) is 14.5. The second kappa shape index (κ2) is 6.27. The number of oxazole rings is 1. The summed E-state index contributed by atoms with van der Waals surface area (Å²) in [6.07, 6.45) is 5.78. The second-order valence-electron chi connectivity index (χ2n) is 5.94.